The Hall–Kier alpha value is -8.32. The highest BCUT2D eigenvalue weighted by atomic mass is 16.3. The van der Waals surface area contributed by atoms with Crippen molar-refractivity contribution in [2.45, 2.75) is 19.3 Å². The fourth-order valence-corrected chi connectivity index (χ4v) is 8.67. The molecule has 0 atom stereocenters. The van der Waals surface area contributed by atoms with E-state index in [1.54, 1.807) is 0 Å². The zero-order valence-corrected chi connectivity index (χ0v) is 42.8. The molecule has 0 saturated carbocycles. The van der Waals surface area contributed by atoms with Gasteiger partial charge in [0.05, 0.1) is 44.5 Å². The van der Waals surface area contributed by atoms with Crippen molar-refractivity contribution >= 4 is 47.3 Å². The maximum Gasteiger partial charge on any atom is 0.255 e. The van der Waals surface area contributed by atoms with E-state index in [0.29, 0.717) is 38.9 Å². The second kappa shape index (κ2) is 29.1. The van der Waals surface area contributed by atoms with Crippen LogP contribution in [0.5, 0.6) is 23.0 Å². The minimum absolute atomic E-state index is 0.0187. The summed E-state index contributed by atoms with van der Waals surface area (Å²) in [5, 5.41) is 66.4. The van der Waals surface area contributed by atoms with Crippen LogP contribution in [0.25, 0.3) is 0 Å². The normalized spacial score (nSPS) is 17.8. The van der Waals surface area contributed by atoms with E-state index < -0.39 is 70.3 Å². The highest BCUT2D eigenvalue weighted by Gasteiger charge is 2.24. The molecule has 14 N–H and O–H groups in total. The maximum atomic E-state index is 13.6. The number of carbonyl (C=O) groups excluding carboxylic acids is 8. The van der Waals surface area contributed by atoms with Gasteiger partial charge < -0.3 is 68.7 Å². The Balaban J connectivity index is 1.22. The summed E-state index contributed by atoms with van der Waals surface area (Å²) in [5.74, 6) is -7.05. The number of aromatic hydroxyl groups is 4. The third-order valence-corrected chi connectivity index (χ3v) is 13.0. The van der Waals surface area contributed by atoms with E-state index in [2.05, 4.69) is 42.5 Å². The summed E-state index contributed by atoms with van der Waals surface area (Å²) >= 11 is 0. The zero-order chi connectivity index (χ0) is 55.3. The third kappa shape index (κ3) is 16.3. The third-order valence-electron chi connectivity index (χ3n) is 13.0. The predicted molar refractivity (Wildman–Crippen MR) is 283 cm³/mol. The number of amides is 8. The van der Waals surface area contributed by atoms with Gasteiger partial charge in [-0.3, -0.25) is 53.1 Å². The molecule has 4 aromatic rings. The summed E-state index contributed by atoms with van der Waals surface area (Å²) in [6.45, 7) is 3.50. The number of carbonyl (C=O) groups is 8. The summed E-state index contributed by atoms with van der Waals surface area (Å²) in [6.07, 6.45) is 1.72. The van der Waals surface area contributed by atoms with Gasteiger partial charge in [0, 0.05) is 118 Å². The highest BCUT2D eigenvalue weighted by Crippen LogP contribution is 2.26. The summed E-state index contributed by atoms with van der Waals surface area (Å²) in [4.78, 5) is 112. The van der Waals surface area contributed by atoms with Gasteiger partial charge in [0.25, 0.3) is 47.3 Å². The molecule has 8 amide bonds. The van der Waals surface area contributed by atoms with Gasteiger partial charge in [-0.1, -0.05) is 24.3 Å². The fraction of sp³-hybridized carbons (Fsp3) is 0.396. The van der Waals surface area contributed by atoms with Gasteiger partial charge in [0.1, 0.15) is 23.0 Å². The number of rotatable bonds is 5. The first-order chi connectivity index (χ1) is 37.2. The van der Waals surface area contributed by atoms with Crippen LogP contribution in [0.3, 0.4) is 0 Å². The van der Waals surface area contributed by atoms with Crippen LogP contribution in [0, 0.1) is 0 Å². The molecule has 0 radical (unpaired) electrons. The van der Waals surface area contributed by atoms with Crippen LogP contribution < -0.4 is 48.3 Å². The Labute approximate surface area is 445 Å². The Morgan fingerprint density at radius 1 is 0.312 bits per heavy atom. The van der Waals surface area contributed by atoms with E-state index in [-0.39, 0.29) is 143 Å². The number of nitrogens with two attached hydrogens (primary N) is 1. The van der Waals surface area contributed by atoms with Crippen molar-refractivity contribution in [2.24, 2.45) is 5.73 Å². The Morgan fingerprint density at radius 3 is 0.714 bits per heavy atom. The topological polar surface area (TPSA) is 349 Å². The van der Waals surface area contributed by atoms with Gasteiger partial charge in [0.15, 0.2) is 0 Å². The number of phenolic OH excluding ortho intramolecular Hbond substituents is 4. The molecule has 0 spiro atoms. The van der Waals surface area contributed by atoms with Crippen molar-refractivity contribution in [2.75, 3.05) is 118 Å². The Bertz CT molecular complexity index is 2600. The number of hydrogen-bond donors (Lipinski definition) is 13. The largest absolute Gasteiger partial charge is 0.506 e. The van der Waals surface area contributed by atoms with Crippen molar-refractivity contribution < 1.29 is 58.8 Å². The lowest BCUT2D eigenvalue weighted by Gasteiger charge is -2.28. The molecule has 0 aliphatic carbocycles. The van der Waals surface area contributed by atoms with Crippen LogP contribution in [0.15, 0.2) is 72.8 Å². The number of benzene rings is 4. The van der Waals surface area contributed by atoms with Crippen LogP contribution in [-0.2, 0) is 0 Å². The second-order valence-corrected chi connectivity index (χ2v) is 18.2. The van der Waals surface area contributed by atoms with Crippen molar-refractivity contribution in [1.29, 1.82) is 0 Å². The maximum absolute atomic E-state index is 13.6. The smallest absolute Gasteiger partial charge is 0.255 e. The molecule has 4 aromatic carbocycles. The summed E-state index contributed by atoms with van der Waals surface area (Å²) < 4.78 is 0. The minimum Gasteiger partial charge on any atom is -0.506 e. The molecule has 8 bridgehead atoms. The van der Waals surface area contributed by atoms with E-state index in [1.165, 1.54) is 72.8 Å². The number of para-hydroxylation sites is 4. The predicted octanol–water partition coefficient (Wildman–Crippen LogP) is -0.490. The molecule has 77 heavy (non-hydrogen) atoms. The molecule has 6 rings (SSSR count). The molecule has 0 unspecified atom stereocenters. The number of fused-ring (bicyclic) bond motifs is 8. The van der Waals surface area contributed by atoms with Crippen molar-refractivity contribution in [3.63, 3.8) is 0 Å². The van der Waals surface area contributed by atoms with Crippen molar-refractivity contribution in [1.82, 2.24) is 57.2 Å². The standard InChI is InChI=1S/C53H68N12O12/c54-16-25-63-26-19-57-48(72)38-12-6-14-40(44(38)68)52(76)61-23-30-65(31-24-62-53(77)41-15-7-13-39(45(41)69)49(73)58-20-27-63)33-32-64-28-21-59-50(74)36-10-4-8-34(42(36)66)46(70)55-17-2-1-3-18-56-47(71)35-9-5-11-37(43(35)67)51(75)60-22-29-64/h4-15,66-69H,1-3,16-33,54H2,(H,55,70)(H,56,71)(H,57,72)(H,58,73)(H,59,74)(H,60,75)(H,61,76)(H,62,77). The quantitative estimate of drug-likeness (QED) is 0.120. The molecular formula is C53H68N12O12. The average molecular weight is 1070 g/mol. The molecule has 24 heteroatoms. The first kappa shape index (κ1) is 57.9. The molecule has 2 aliphatic rings. The summed E-state index contributed by atoms with van der Waals surface area (Å²) in [6, 6.07) is 17.0. The number of nitrogens with one attached hydrogen (secondary N) is 8. The number of hydrogen-bond acceptors (Lipinski definition) is 16. The van der Waals surface area contributed by atoms with Gasteiger partial charge in [0.2, 0.25) is 0 Å². The molecule has 0 fully saturated rings. The second-order valence-electron chi connectivity index (χ2n) is 18.2. The summed E-state index contributed by atoms with van der Waals surface area (Å²) in [7, 11) is 0. The van der Waals surface area contributed by atoms with Crippen LogP contribution in [0.1, 0.15) is 102 Å². The number of phenols is 4. The average Bonchev–Trinajstić information content (AvgIpc) is 3.41. The lowest BCUT2D eigenvalue weighted by atomic mass is 10.1. The first-order valence-corrected chi connectivity index (χ1v) is 25.6. The van der Waals surface area contributed by atoms with E-state index in [0.717, 1.165) is 0 Å². The van der Waals surface area contributed by atoms with Crippen molar-refractivity contribution in [3.05, 3.63) is 117 Å². The molecule has 2 aliphatic heterocycles. The molecule has 0 saturated heterocycles. The van der Waals surface area contributed by atoms with E-state index >= 15 is 0 Å². The number of nitrogens with zero attached hydrogens (tertiary/aromatic N) is 3. The van der Waals surface area contributed by atoms with E-state index in [4.69, 9.17) is 5.73 Å². The molecule has 2 heterocycles. The van der Waals surface area contributed by atoms with E-state index in [9.17, 15) is 58.8 Å². The SMILES string of the molecule is NCCN1CCNC(=O)c2cccc(c2O)C(=O)NCCN(CCN2CCNC(=O)c3cccc(c3O)C(=O)NCCCCCNC(=O)c3cccc(c3O)C(=O)NCC2)CCNC(=O)c2cccc(c2O)C(=O)NCC1. The Kier molecular flexibility index (Phi) is 21.9. The zero-order valence-electron chi connectivity index (χ0n) is 42.8. The molecular weight excluding hydrogens is 997 g/mol. The van der Waals surface area contributed by atoms with Crippen molar-refractivity contribution in [3.8, 4) is 23.0 Å². The first-order valence-electron chi connectivity index (χ1n) is 25.6. The molecule has 0 aromatic heterocycles. The van der Waals surface area contributed by atoms with Gasteiger partial charge in [-0.05, 0) is 67.8 Å². The Morgan fingerprint density at radius 2 is 0.506 bits per heavy atom. The van der Waals surface area contributed by atoms with Crippen LogP contribution >= 0.6 is 0 Å². The molecule has 412 valence electrons. The van der Waals surface area contributed by atoms with Gasteiger partial charge in [-0.2, -0.15) is 0 Å². The highest BCUT2D eigenvalue weighted by molar-refractivity contribution is 6.06. The van der Waals surface area contributed by atoms with Crippen LogP contribution in [-0.4, -0.2) is 200 Å². The lowest BCUT2D eigenvalue weighted by molar-refractivity contribution is 0.0914. The van der Waals surface area contributed by atoms with Gasteiger partial charge >= 0.3 is 0 Å². The monoisotopic (exact) mass is 1060 g/mol. The minimum atomic E-state index is -0.664. The van der Waals surface area contributed by atoms with Crippen LogP contribution in [0.4, 0.5) is 0 Å². The van der Waals surface area contributed by atoms with Crippen LogP contribution in [0.2, 0.25) is 0 Å². The fourth-order valence-electron chi connectivity index (χ4n) is 8.67. The van der Waals surface area contributed by atoms with Gasteiger partial charge in [-0.15, -0.1) is 0 Å². The molecule has 24 nitrogen and oxygen atoms in total. The van der Waals surface area contributed by atoms with E-state index in [1.807, 2.05) is 14.7 Å². The lowest BCUT2D eigenvalue weighted by Crippen LogP contribution is -2.46. The van der Waals surface area contributed by atoms with Gasteiger partial charge in [-0.25, -0.2) is 0 Å². The summed E-state index contributed by atoms with van der Waals surface area (Å²) in [5.41, 5.74) is 4.85.